The van der Waals surface area contributed by atoms with Crippen LogP contribution in [0.4, 0.5) is 0 Å². The lowest BCUT2D eigenvalue weighted by molar-refractivity contribution is 0.0299. The van der Waals surface area contributed by atoms with E-state index in [4.69, 9.17) is 47.0 Å². The van der Waals surface area contributed by atoms with Gasteiger partial charge in [-0.2, -0.15) is 0 Å². The van der Waals surface area contributed by atoms with Crippen LogP contribution < -0.4 is 29.8 Å². The molecule has 0 saturated heterocycles. The topological polar surface area (TPSA) is 163 Å². The molecular formula is C33H41NO13Si. The van der Waals surface area contributed by atoms with Gasteiger partial charge in [0.1, 0.15) is 17.4 Å². The van der Waals surface area contributed by atoms with Crippen LogP contribution in [0.25, 0.3) is 33.0 Å². The van der Waals surface area contributed by atoms with Gasteiger partial charge in [0.2, 0.25) is 5.43 Å². The minimum atomic E-state index is -1.58. The Balaban J connectivity index is 1.99. The van der Waals surface area contributed by atoms with Crippen molar-refractivity contribution in [2.24, 2.45) is 0 Å². The van der Waals surface area contributed by atoms with Crippen LogP contribution in [0.15, 0.2) is 38.5 Å². The zero-order chi connectivity index (χ0) is 35.0. The third-order valence-corrected chi connectivity index (χ3v) is 8.82. The lowest BCUT2D eigenvalue weighted by atomic mass is 9.98. The second-order valence-electron chi connectivity index (χ2n) is 11.9. The average Bonchev–Trinajstić information content (AvgIpc) is 3.04. The fraction of sp³-hybridized carbons (Fsp3) is 0.424. The summed E-state index contributed by atoms with van der Waals surface area (Å²) < 4.78 is 54.6. The van der Waals surface area contributed by atoms with Gasteiger partial charge in [0.05, 0.1) is 34.0 Å². The van der Waals surface area contributed by atoms with Crippen LogP contribution >= 0.6 is 0 Å². The number of H-pyrrole nitrogens is 1. The first-order valence-electron chi connectivity index (χ1n) is 14.9. The number of rotatable bonds is 17. The van der Waals surface area contributed by atoms with Crippen molar-refractivity contribution in [3.63, 3.8) is 0 Å². The zero-order valence-corrected chi connectivity index (χ0v) is 29.4. The molecule has 0 unspecified atom stereocenters. The number of benzene rings is 2. The largest absolute Gasteiger partial charge is 0.464 e. The number of carbonyl (C=O) groups excluding carboxylic acids is 1. The molecule has 0 amide bonds. The quantitative estimate of drug-likeness (QED) is 0.0894. The predicted octanol–water partition coefficient (Wildman–Crippen LogP) is 5.04. The minimum absolute atomic E-state index is 0.00169. The van der Waals surface area contributed by atoms with Crippen molar-refractivity contribution < 1.29 is 51.8 Å². The fourth-order valence-electron chi connectivity index (χ4n) is 4.84. The van der Waals surface area contributed by atoms with Crippen LogP contribution in [0.2, 0.25) is 25.7 Å². The molecule has 0 spiro atoms. The van der Waals surface area contributed by atoms with Gasteiger partial charge in [-0.25, -0.2) is 4.79 Å². The predicted molar refractivity (Wildman–Crippen MR) is 179 cm³/mol. The van der Waals surface area contributed by atoms with E-state index >= 15 is 0 Å². The second-order valence-corrected chi connectivity index (χ2v) is 17.5. The minimum Gasteiger partial charge on any atom is -0.464 e. The molecule has 2 aromatic heterocycles. The van der Waals surface area contributed by atoms with Gasteiger partial charge in [-0.3, -0.25) is 9.59 Å². The number of fused-ring (bicyclic) bond motifs is 2. The molecule has 0 aliphatic heterocycles. The maximum absolute atomic E-state index is 14.4. The number of nitrogens with one attached hydrogen (secondary N) is 1. The number of hydrogen-bond donors (Lipinski definition) is 1. The summed E-state index contributed by atoms with van der Waals surface area (Å²) in [6.07, 6.45) is 1.17. The monoisotopic (exact) mass is 687 g/mol. The van der Waals surface area contributed by atoms with E-state index in [2.05, 4.69) is 24.6 Å². The van der Waals surface area contributed by atoms with Gasteiger partial charge in [-0.15, -0.1) is 0 Å². The summed E-state index contributed by atoms with van der Waals surface area (Å²) >= 11 is 0. The highest BCUT2D eigenvalue weighted by atomic mass is 28.3. The van der Waals surface area contributed by atoms with E-state index in [0.29, 0.717) is 23.0 Å². The van der Waals surface area contributed by atoms with Crippen molar-refractivity contribution in [1.29, 1.82) is 0 Å². The summed E-state index contributed by atoms with van der Waals surface area (Å²) in [5, 5.41) is 0.0390. The molecular weight excluding hydrogens is 646 g/mol. The van der Waals surface area contributed by atoms with Crippen LogP contribution in [0, 0.1) is 6.92 Å². The van der Waals surface area contributed by atoms with E-state index < -0.39 is 24.9 Å². The first-order valence-corrected chi connectivity index (χ1v) is 18.6. The number of ether oxygens (including phenoxy) is 9. The summed E-state index contributed by atoms with van der Waals surface area (Å²) in [7, 11) is 4.18. The van der Waals surface area contributed by atoms with E-state index in [9.17, 15) is 14.4 Å². The summed E-state index contributed by atoms with van der Waals surface area (Å²) in [6.45, 7) is 7.56. The Labute approximate surface area is 277 Å². The van der Waals surface area contributed by atoms with Crippen molar-refractivity contribution in [3.8, 4) is 34.1 Å². The molecule has 0 bridgehead atoms. The molecule has 0 aliphatic rings. The molecule has 48 heavy (non-hydrogen) atoms. The second kappa shape index (κ2) is 16.1. The Hall–Kier alpha value is -4.41. The maximum atomic E-state index is 14.4. The molecule has 15 heteroatoms. The van der Waals surface area contributed by atoms with Crippen molar-refractivity contribution in [1.82, 2.24) is 4.98 Å². The molecule has 0 radical (unpaired) electrons. The third-order valence-electron chi connectivity index (χ3n) is 7.11. The fourth-order valence-corrected chi connectivity index (χ4v) is 5.56. The highest BCUT2D eigenvalue weighted by Gasteiger charge is 2.29. The number of pyridine rings is 1. The van der Waals surface area contributed by atoms with E-state index in [1.807, 2.05) is 0 Å². The molecule has 2 aromatic carbocycles. The number of aromatic nitrogens is 1. The molecule has 0 saturated carbocycles. The summed E-state index contributed by atoms with van der Waals surface area (Å²) in [4.78, 5) is 45.5. The molecule has 260 valence electrons. The molecule has 14 nitrogen and oxygen atoms in total. The van der Waals surface area contributed by atoms with E-state index in [1.54, 1.807) is 13.0 Å². The van der Waals surface area contributed by atoms with Crippen molar-refractivity contribution >= 4 is 35.9 Å². The summed E-state index contributed by atoms with van der Waals surface area (Å²) in [5.41, 5.74) is -0.683. The van der Waals surface area contributed by atoms with Gasteiger partial charge in [0, 0.05) is 54.3 Å². The van der Waals surface area contributed by atoms with E-state index in [-0.39, 0.29) is 84.1 Å². The van der Waals surface area contributed by atoms with Crippen molar-refractivity contribution in [2.45, 2.75) is 32.6 Å². The maximum Gasteiger partial charge on any atom is 0.342 e. The lowest BCUT2D eigenvalue weighted by Crippen LogP contribution is -2.23. The number of aryl methyl sites for hydroxylation is 1. The average molecular weight is 688 g/mol. The Kier molecular flexibility index (Phi) is 12.2. The van der Waals surface area contributed by atoms with E-state index in [0.717, 1.165) is 0 Å². The number of aromatic amines is 1. The highest BCUT2D eigenvalue weighted by Crippen LogP contribution is 2.39. The number of carbonyl (C=O) groups is 1. The standard InChI is InChI=1S/C33H41NO13Si/c1-19-27(30(35)20-11-23(44-15-38-2)24(45-16-39-3)12-22(20)34-19)21-14-43-25-13-26(46-17-40-4)32(47-18-41-5)29(28(25)31(21)36)33(37)42-9-10-48(6,7)8/h11-14H,9-10,15-18H2,1-8H3,(H,34,35). The van der Waals surface area contributed by atoms with Gasteiger partial charge >= 0.3 is 5.97 Å². The SMILES string of the molecule is COCOc1cc2[nH]c(C)c(-c3coc4cc(OCOC)c(OCOC)c(C(=O)OCC[Si](C)(C)C)c4c3=O)c(=O)c2cc1OCOC. The Morgan fingerprint density at radius 1 is 0.792 bits per heavy atom. The van der Waals surface area contributed by atoms with Crippen molar-refractivity contribution in [3.05, 3.63) is 56.2 Å². The van der Waals surface area contributed by atoms with Crippen LogP contribution in [-0.4, -0.2) is 81.2 Å². The van der Waals surface area contributed by atoms with Gasteiger partial charge in [0.15, 0.2) is 55.6 Å². The smallest absolute Gasteiger partial charge is 0.342 e. The third kappa shape index (κ3) is 8.17. The number of esters is 1. The molecule has 0 aliphatic carbocycles. The number of hydrogen-bond acceptors (Lipinski definition) is 13. The van der Waals surface area contributed by atoms with Gasteiger partial charge in [0.25, 0.3) is 0 Å². The van der Waals surface area contributed by atoms with Crippen LogP contribution in [0.5, 0.6) is 23.0 Å². The van der Waals surface area contributed by atoms with Crippen molar-refractivity contribution in [2.75, 3.05) is 62.2 Å². The normalized spacial score (nSPS) is 11.6. The molecule has 0 atom stereocenters. The molecule has 4 rings (SSSR count). The highest BCUT2D eigenvalue weighted by molar-refractivity contribution is 6.76. The van der Waals surface area contributed by atoms with Crippen LogP contribution in [0.3, 0.4) is 0 Å². The zero-order valence-electron chi connectivity index (χ0n) is 28.4. The summed E-state index contributed by atoms with van der Waals surface area (Å²) in [5.74, 6) is -0.342. The molecule has 2 heterocycles. The van der Waals surface area contributed by atoms with Crippen LogP contribution in [0.1, 0.15) is 16.1 Å². The van der Waals surface area contributed by atoms with Gasteiger partial charge in [-0.05, 0) is 19.0 Å². The first-order chi connectivity index (χ1) is 22.9. The Morgan fingerprint density at radius 3 is 1.98 bits per heavy atom. The van der Waals surface area contributed by atoms with E-state index in [1.165, 1.54) is 46.8 Å². The van der Waals surface area contributed by atoms with Gasteiger partial charge < -0.3 is 52.0 Å². The first kappa shape index (κ1) is 36.4. The number of methoxy groups -OCH3 is 4. The molecule has 4 aromatic rings. The Morgan fingerprint density at radius 2 is 1.38 bits per heavy atom. The van der Waals surface area contributed by atoms with Crippen LogP contribution in [-0.2, 0) is 23.7 Å². The molecule has 1 N–H and O–H groups in total. The molecule has 0 fully saturated rings. The lowest BCUT2D eigenvalue weighted by Gasteiger charge is -2.19. The summed E-state index contributed by atoms with van der Waals surface area (Å²) in [6, 6.07) is 5.17. The Bertz CT molecular complexity index is 1880. The van der Waals surface area contributed by atoms with Gasteiger partial charge in [-0.1, -0.05) is 19.6 Å².